The van der Waals surface area contributed by atoms with Gasteiger partial charge in [-0.25, -0.2) is 0 Å². The molecular formula is C17H30O3. The summed E-state index contributed by atoms with van der Waals surface area (Å²) in [7, 11) is 0. The van der Waals surface area contributed by atoms with E-state index in [1.165, 1.54) is 13.3 Å². The first-order valence-corrected chi connectivity index (χ1v) is 7.99. The summed E-state index contributed by atoms with van der Waals surface area (Å²) in [6.07, 6.45) is 6.41. The molecule has 3 heteroatoms. The zero-order valence-electron chi connectivity index (χ0n) is 13.7. The van der Waals surface area contributed by atoms with Crippen LogP contribution in [0.5, 0.6) is 0 Å². The second-order valence-corrected chi connectivity index (χ2v) is 8.09. The number of ether oxygens (including phenoxy) is 1. The first kappa shape index (κ1) is 15.8. The van der Waals surface area contributed by atoms with E-state index in [2.05, 4.69) is 6.92 Å². The molecule has 0 aromatic rings. The van der Waals surface area contributed by atoms with E-state index in [1.54, 1.807) is 0 Å². The third kappa shape index (κ3) is 2.88. The lowest BCUT2D eigenvalue weighted by molar-refractivity contribution is -0.172. The van der Waals surface area contributed by atoms with Crippen LogP contribution in [0, 0.1) is 17.3 Å². The van der Waals surface area contributed by atoms with Gasteiger partial charge in [-0.3, -0.25) is 4.79 Å². The Morgan fingerprint density at radius 2 is 1.90 bits per heavy atom. The number of hydrogen-bond acceptors (Lipinski definition) is 3. The Morgan fingerprint density at radius 1 is 1.25 bits per heavy atom. The molecule has 3 nitrogen and oxygen atoms in total. The second kappa shape index (κ2) is 5.01. The molecule has 1 N–H and O–H groups in total. The van der Waals surface area contributed by atoms with Crippen LogP contribution in [0.4, 0.5) is 0 Å². The van der Waals surface area contributed by atoms with Crippen LogP contribution in [-0.2, 0) is 9.53 Å². The lowest BCUT2D eigenvalue weighted by Crippen LogP contribution is -2.54. The van der Waals surface area contributed by atoms with E-state index < -0.39 is 11.2 Å². The second-order valence-electron chi connectivity index (χ2n) is 8.09. The quantitative estimate of drug-likeness (QED) is 0.786. The zero-order valence-corrected chi connectivity index (χ0v) is 13.7. The summed E-state index contributed by atoms with van der Waals surface area (Å²) in [6, 6.07) is 0. The van der Waals surface area contributed by atoms with Crippen LogP contribution in [0.2, 0.25) is 0 Å². The predicted molar refractivity (Wildman–Crippen MR) is 79.3 cm³/mol. The van der Waals surface area contributed by atoms with Crippen molar-refractivity contribution in [3.63, 3.8) is 0 Å². The predicted octanol–water partition coefficient (Wildman–Crippen LogP) is 3.69. The van der Waals surface area contributed by atoms with Crippen LogP contribution in [0.15, 0.2) is 0 Å². The lowest BCUT2D eigenvalue weighted by atomic mass is 9.52. The molecule has 0 saturated heterocycles. The highest BCUT2D eigenvalue weighted by atomic mass is 16.6. The van der Waals surface area contributed by atoms with Crippen molar-refractivity contribution in [1.29, 1.82) is 0 Å². The van der Waals surface area contributed by atoms with Gasteiger partial charge in [0.05, 0.1) is 5.60 Å². The molecule has 0 amide bonds. The number of fused-ring (bicyclic) bond motifs is 1. The molecule has 0 aromatic carbocycles. The minimum absolute atomic E-state index is 0.210. The minimum Gasteiger partial charge on any atom is -0.460 e. The summed E-state index contributed by atoms with van der Waals surface area (Å²) in [5, 5.41) is 10.8. The van der Waals surface area contributed by atoms with Crippen molar-refractivity contribution >= 4 is 5.97 Å². The van der Waals surface area contributed by atoms with E-state index in [4.69, 9.17) is 4.74 Å². The van der Waals surface area contributed by atoms with Crippen LogP contribution in [-0.4, -0.2) is 22.3 Å². The molecule has 0 bridgehead atoms. The van der Waals surface area contributed by atoms with Crippen molar-refractivity contribution < 1.29 is 14.6 Å². The number of carbonyl (C=O) groups is 1. The molecule has 2 aliphatic carbocycles. The third-order valence-electron chi connectivity index (χ3n) is 6.00. The summed E-state index contributed by atoms with van der Waals surface area (Å²) in [6.45, 7) is 9.83. The highest BCUT2D eigenvalue weighted by molar-refractivity contribution is 5.66. The summed E-state index contributed by atoms with van der Waals surface area (Å²) in [5.41, 5.74) is -0.747. The number of hydrogen-bond donors (Lipinski definition) is 1. The van der Waals surface area contributed by atoms with E-state index >= 15 is 0 Å². The Balaban J connectivity index is 2.17. The van der Waals surface area contributed by atoms with Crippen molar-refractivity contribution in [3.8, 4) is 0 Å². The molecule has 0 aromatic heterocycles. The monoisotopic (exact) mass is 282 g/mol. The van der Waals surface area contributed by atoms with Crippen molar-refractivity contribution in [2.75, 3.05) is 0 Å². The fourth-order valence-corrected chi connectivity index (χ4v) is 4.78. The topological polar surface area (TPSA) is 46.5 Å². The van der Waals surface area contributed by atoms with Crippen molar-refractivity contribution in [2.24, 2.45) is 17.3 Å². The zero-order chi connectivity index (χ0) is 15.2. The molecule has 0 aliphatic heterocycles. The highest BCUT2D eigenvalue weighted by Crippen LogP contribution is 2.56. The first-order chi connectivity index (χ1) is 9.07. The Bertz CT molecular complexity index is 386. The van der Waals surface area contributed by atoms with Crippen LogP contribution >= 0.6 is 0 Å². The molecule has 0 spiro atoms. The average Bonchev–Trinajstić information content (AvgIpc) is 2.25. The standard InChI is InChI=1S/C17H30O3/c1-12(18)20-15(2,3)13-7-10-16(4)8-6-9-17(5,19)14(16)11-13/h13-14,19H,6-11H2,1-5H3/t13-,14?,16+,17-/m1/s1. The molecule has 2 fully saturated rings. The molecule has 0 heterocycles. The summed E-state index contributed by atoms with van der Waals surface area (Å²) < 4.78 is 5.54. The maximum atomic E-state index is 11.3. The first-order valence-electron chi connectivity index (χ1n) is 7.99. The molecule has 1 unspecified atom stereocenters. The largest absolute Gasteiger partial charge is 0.460 e. The highest BCUT2D eigenvalue weighted by Gasteiger charge is 2.53. The Morgan fingerprint density at radius 3 is 2.50 bits per heavy atom. The summed E-state index contributed by atoms with van der Waals surface area (Å²) >= 11 is 0. The number of esters is 1. The maximum absolute atomic E-state index is 11.3. The van der Waals surface area contributed by atoms with Crippen LogP contribution in [0.25, 0.3) is 0 Å². The van der Waals surface area contributed by atoms with Gasteiger partial charge in [-0.2, -0.15) is 0 Å². The fraction of sp³-hybridized carbons (Fsp3) is 0.941. The van der Waals surface area contributed by atoms with Gasteiger partial charge in [0, 0.05) is 6.92 Å². The molecule has 4 atom stereocenters. The van der Waals surface area contributed by atoms with E-state index in [0.29, 0.717) is 11.8 Å². The average molecular weight is 282 g/mol. The van der Waals surface area contributed by atoms with Crippen molar-refractivity contribution in [3.05, 3.63) is 0 Å². The summed E-state index contributed by atoms with van der Waals surface area (Å²) in [5.74, 6) is 0.449. The van der Waals surface area contributed by atoms with Gasteiger partial charge in [-0.1, -0.05) is 13.3 Å². The number of aliphatic hydroxyl groups is 1. The van der Waals surface area contributed by atoms with Crippen LogP contribution in [0.3, 0.4) is 0 Å². The van der Waals surface area contributed by atoms with Gasteiger partial charge in [-0.15, -0.1) is 0 Å². The third-order valence-corrected chi connectivity index (χ3v) is 6.00. The van der Waals surface area contributed by atoms with Gasteiger partial charge in [0.1, 0.15) is 5.60 Å². The van der Waals surface area contributed by atoms with Crippen molar-refractivity contribution in [2.45, 2.75) is 84.3 Å². The molecular weight excluding hydrogens is 252 g/mol. The SMILES string of the molecule is CC(=O)OC(C)(C)[C@@H]1CC[C@]2(C)CCC[C@@](C)(O)C2C1. The molecule has 2 aliphatic rings. The molecule has 2 saturated carbocycles. The van der Waals surface area contributed by atoms with Gasteiger partial charge in [-0.05, 0) is 70.1 Å². The minimum atomic E-state index is -0.571. The lowest BCUT2D eigenvalue weighted by Gasteiger charge is -2.55. The molecule has 116 valence electrons. The molecule has 2 rings (SSSR count). The van der Waals surface area contributed by atoms with Gasteiger partial charge < -0.3 is 9.84 Å². The van der Waals surface area contributed by atoms with Crippen LogP contribution < -0.4 is 0 Å². The molecule has 0 radical (unpaired) electrons. The molecule has 20 heavy (non-hydrogen) atoms. The maximum Gasteiger partial charge on any atom is 0.303 e. The van der Waals surface area contributed by atoms with Crippen molar-refractivity contribution in [1.82, 2.24) is 0 Å². The van der Waals surface area contributed by atoms with Crippen LogP contribution in [0.1, 0.15) is 73.1 Å². The Hall–Kier alpha value is -0.570. The van der Waals surface area contributed by atoms with Gasteiger partial charge in [0.25, 0.3) is 0 Å². The Labute approximate surface area is 123 Å². The van der Waals surface area contributed by atoms with E-state index in [0.717, 1.165) is 32.1 Å². The van der Waals surface area contributed by atoms with E-state index in [9.17, 15) is 9.90 Å². The Kier molecular flexibility index (Phi) is 3.96. The normalized spacial score (nSPS) is 41.9. The number of carbonyl (C=O) groups excluding carboxylic acids is 1. The van der Waals surface area contributed by atoms with Gasteiger partial charge in [0.2, 0.25) is 0 Å². The van der Waals surface area contributed by atoms with E-state index in [-0.39, 0.29) is 11.4 Å². The number of rotatable bonds is 2. The fourth-order valence-electron chi connectivity index (χ4n) is 4.78. The van der Waals surface area contributed by atoms with E-state index in [1.807, 2.05) is 20.8 Å². The summed E-state index contributed by atoms with van der Waals surface area (Å²) in [4.78, 5) is 11.3. The smallest absolute Gasteiger partial charge is 0.303 e. The van der Waals surface area contributed by atoms with Gasteiger partial charge in [0.15, 0.2) is 0 Å². The van der Waals surface area contributed by atoms with Gasteiger partial charge >= 0.3 is 5.97 Å².